The van der Waals surface area contributed by atoms with E-state index < -0.39 is 11.9 Å². The third-order valence-corrected chi connectivity index (χ3v) is 8.65. The van der Waals surface area contributed by atoms with Crippen molar-refractivity contribution in [2.45, 2.75) is 26.4 Å². The summed E-state index contributed by atoms with van der Waals surface area (Å²) < 4.78 is 0. The molecule has 4 heterocycles. The zero-order valence-electron chi connectivity index (χ0n) is 24.1. The van der Waals surface area contributed by atoms with Crippen LogP contribution in [0.3, 0.4) is 0 Å². The lowest BCUT2D eigenvalue weighted by molar-refractivity contribution is -0.141. The van der Waals surface area contributed by atoms with Crippen LogP contribution < -0.4 is 5.32 Å². The molecule has 7 rings (SSSR count). The highest BCUT2D eigenvalue weighted by Gasteiger charge is 2.31. The van der Waals surface area contributed by atoms with Crippen LogP contribution in [0, 0.1) is 12.8 Å². The summed E-state index contributed by atoms with van der Waals surface area (Å²) in [4.78, 5) is 53.2. The standard InChI is InChI=1S/C34H30N6O4/c1-20-26(7-4-8-28(20)38-34(44)40-16-23-5-2-3-6-24(23)17-40)30-27-15-29(37-31(27)36-19-35-30)21-9-11-22(12-10-21)32(41)39-14-13-25(18-39)33(42)43/h2-12,15,19,25H,13-14,16-18H2,1H3,(H,38,44)(H,42,43)(H,35,36,37)/t25-/m1/s1. The van der Waals surface area contributed by atoms with Gasteiger partial charge in [-0.3, -0.25) is 9.59 Å². The number of H-pyrrole nitrogens is 1. The molecular formula is C34H30N6O4. The van der Waals surface area contributed by atoms with Gasteiger partial charge >= 0.3 is 12.0 Å². The Labute approximate surface area is 253 Å². The summed E-state index contributed by atoms with van der Waals surface area (Å²) in [6.07, 6.45) is 1.99. The number of urea groups is 1. The molecule has 1 fully saturated rings. The van der Waals surface area contributed by atoms with Crippen molar-refractivity contribution in [2.24, 2.45) is 5.92 Å². The van der Waals surface area contributed by atoms with Crippen molar-refractivity contribution < 1.29 is 19.5 Å². The number of carboxylic acids is 1. The van der Waals surface area contributed by atoms with Gasteiger partial charge in [0.05, 0.1) is 11.6 Å². The average molecular weight is 587 g/mol. The quantitative estimate of drug-likeness (QED) is 0.242. The van der Waals surface area contributed by atoms with E-state index >= 15 is 0 Å². The second-order valence-corrected chi connectivity index (χ2v) is 11.4. The molecule has 0 radical (unpaired) electrons. The smallest absolute Gasteiger partial charge is 0.322 e. The van der Waals surface area contributed by atoms with Gasteiger partial charge in [0.2, 0.25) is 0 Å². The Morgan fingerprint density at radius 1 is 0.932 bits per heavy atom. The second-order valence-electron chi connectivity index (χ2n) is 11.4. The molecule has 3 aromatic carbocycles. The van der Waals surface area contributed by atoms with Crippen molar-refractivity contribution >= 4 is 34.6 Å². The monoisotopic (exact) mass is 586 g/mol. The van der Waals surface area contributed by atoms with Gasteiger partial charge in [-0.1, -0.05) is 48.5 Å². The summed E-state index contributed by atoms with van der Waals surface area (Å²) in [6.45, 7) is 3.81. The first-order chi connectivity index (χ1) is 21.4. The number of carbonyl (C=O) groups excluding carboxylic acids is 2. The molecule has 220 valence electrons. The Bertz CT molecular complexity index is 1910. The van der Waals surface area contributed by atoms with E-state index in [1.54, 1.807) is 21.9 Å². The fourth-order valence-corrected chi connectivity index (χ4v) is 6.13. The Kier molecular flexibility index (Phi) is 6.81. The summed E-state index contributed by atoms with van der Waals surface area (Å²) in [7, 11) is 0. The molecule has 44 heavy (non-hydrogen) atoms. The van der Waals surface area contributed by atoms with E-state index in [0.29, 0.717) is 37.3 Å². The predicted octanol–water partition coefficient (Wildman–Crippen LogP) is 5.69. The van der Waals surface area contributed by atoms with Crippen LogP contribution in [0.4, 0.5) is 10.5 Å². The number of fused-ring (bicyclic) bond motifs is 2. The number of aliphatic carboxylic acids is 1. The highest BCUT2D eigenvalue weighted by Crippen LogP contribution is 2.34. The highest BCUT2D eigenvalue weighted by atomic mass is 16.4. The minimum atomic E-state index is -0.864. The van der Waals surface area contributed by atoms with E-state index in [2.05, 4.69) is 32.4 Å². The molecule has 0 saturated carbocycles. The van der Waals surface area contributed by atoms with Gasteiger partial charge in [-0.25, -0.2) is 14.8 Å². The number of carbonyl (C=O) groups is 3. The number of benzene rings is 3. The lowest BCUT2D eigenvalue weighted by atomic mass is 10.0. The van der Waals surface area contributed by atoms with Crippen molar-refractivity contribution in [3.63, 3.8) is 0 Å². The third kappa shape index (κ3) is 4.94. The SMILES string of the molecule is Cc1c(NC(=O)N2Cc3ccccc3C2)cccc1-c1ncnc2[nH]c(-c3ccc(C(=O)N4CC[C@@H](C(=O)O)C4)cc3)cc12. The van der Waals surface area contributed by atoms with Gasteiger partial charge in [0, 0.05) is 54.1 Å². The fourth-order valence-electron chi connectivity index (χ4n) is 6.13. The molecule has 0 spiro atoms. The van der Waals surface area contributed by atoms with Crippen LogP contribution in [0.25, 0.3) is 33.5 Å². The van der Waals surface area contributed by atoms with Crippen LogP contribution >= 0.6 is 0 Å². The van der Waals surface area contributed by atoms with Crippen LogP contribution in [0.15, 0.2) is 79.1 Å². The Balaban J connectivity index is 1.12. The summed E-state index contributed by atoms with van der Waals surface area (Å²) in [6, 6.07) is 23.0. The number of hydrogen-bond acceptors (Lipinski definition) is 5. The molecule has 2 aromatic heterocycles. The molecule has 5 aromatic rings. The normalized spacial score (nSPS) is 15.9. The van der Waals surface area contributed by atoms with Gasteiger partial charge < -0.3 is 25.2 Å². The number of carboxylic acid groups (broad SMARTS) is 1. The molecule has 3 N–H and O–H groups in total. The van der Waals surface area contributed by atoms with Gasteiger partial charge in [-0.2, -0.15) is 0 Å². The van der Waals surface area contributed by atoms with Gasteiger partial charge in [0.15, 0.2) is 0 Å². The minimum Gasteiger partial charge on any atom is -0.481 e. The summed E-state index contributed by atoms with van der Waals surface area (Å²) in [5, 5.41) is 13.2. The van der Waals surface area contributed by atoms with E-state index in [1.165, 1.54) is 17.5 Å². The molecule has 2 aliphatic heterocycles. The lowest BCUT2D eigenvalue weighted by Crippen LogP contribution is -2.30. The Hall–Kier alpha value is -5.51. The van der Waals surface area contributed by atoms with Crippen LogP contribution in [0.2, 0.25) is 0 Å². The van der Waals surface area contributed by atoms with Crippen molar-refractivity contribution in [1.29, 1.82) is 0 Å². The maximum Gasteiger partial charge on any atom is 0.322 e. The lowest BCUT2D eigenvalue weighted by Gasteiger charge is -2.18. The number of likely N-dealkylation sites (tertiary alicyclic amines) is 1. The number of anilines is 1. The maximum absolute atomic E-state index is 13.2. The molecule has 3 amide bonds. The first-order valence-electron chi connectivity index (χ1n) is 14.5. The average Bonchev–Trinajstić information content (AvgIpc) is 3.80. The third-order valence-electron chi connectivity index (χ3n) is 8.65. The largest absolute Gasteiger partial charge is 0.481 e. The van der Waals surface area contributed by atoms with Crippen LogP contribution in [0.5, 0.6) is 0 Å². The Morgan fingerprint density at radius 3 is 2.39 bits per heavy atom. The minimum absolute atomic E-state index is 0.147. The van der Waals surface area contributed by atoms with E-state index in [-0.39, 0.29) is 18.5 Å². The maximum atomic E-state index is 13.2. The van der Waals surface area contributed by atoms with Crippen molar-refractivity contribution in [3.8, 4) is 22.5 Å². The number of nitrogens with one attached hydrogen (secondary N) is 2. The van der Waals surface area contributed by atoms with Gasteiger partial charge in [0.1, 0.15) is 12.0 Å². The number of hydrogen-bond donors (Lipinski definition) is 3. The predicted molar refractivity (Wildman–Crippen MR) is 166 cm³/mol. The van der Waals surface area contributed by atoms with Gasteiger partial charge in [-0.15, -0.1) is 0 Å². The molecule has 0 unspecified atom stereocenters. The molecule has 0 bridgehead atoms. The van der Waals surface area contributed by atoms with E-state index in [4.69, 9.17) is 0 Å². The number of nitrogens with zero attached hydrogens (tertiary/aromatic N) is 4. The molecule has 1 saturated heterocycles. The second kappa shape index (κ2) is 11.0. The zero-order chi connectivity index (χ0) is 30.4. The van der Waals surface area contributed by atoms with Crippen molar-refractivity contribution in [1.82, 2.24) is 24.8 Å². The van der Waals surface area contributed by atoms with Gasteiger partial charge in [0.25, 0.3) is 5.91 Å². The van der Waals surface area contributed by atoms with E-state index in [0.717, 1.165) is 39.2 Å². The molecular weight excluding hydrogens is 556 g/mol. The van der Waals surface area contributed by atoms with Crippen molar-refractivity contribution in [2.75, 3.05) is 18.4 Å². The molecule has 10 heteroatoms. The number of aromatic amines is 1. The molecule has 10 nitrogen and oxygen atoms in total. The summed E-state index contributed by atoms with van der Waals surface area (Å²) in [5.41, 5.74) is 8.47. The highest BCUT2D eigenvalue weighted by molar-refractivity contribution is 5.98. The van der Waals surface area contributed by atoms with Crippen LogP contribution in [-0.2, 0) is 17.9 Å². The summed E-state index contributed by atoms with van der Waals surface area (Å²) in [5.74, 6) is -1.54. The number of aromatic nitrogens is 3. The molecule has 2 aliphatic rings. The van der Waals surface area contributed by atoms with Crippen LogP contribution in [-0.4, -0.2) is 60.9 Å². The fraction of sp³-hybridized carbons (Fsp3) is 0.206. The molecule has 1 atom stereocenters. The summed E-state index contributed by atoms with van der Waals surface area (Å²) >= 11 is 0. The number of amides is 3. The van der Waals surface area contributed by atoms with Crippen molar-refractivity contribution in [3.05, 3.63) is 101 Å². The van der Waals surface area contributed by atoms with Crippen LogP contribution in [0.1, 0.15) is 33.5 Å². The van der Waals surface area contributed by atoms with E-state index in [1.807, 2.05) is 55.5 Å². The van der Waals surface area contributed by atoms with Gasteiger partial charge in [-0.05, 0) is 59.9 Å². The topological polar surface area (TPSA) is 132 Å². The molecule has 0 aliphatic carbocycles. The first-order valence-corrected chi connectivity index (χ1v) is 14.5. The van der Waals surface area contributed by atoms with E-state index in [9.17, 15) is 19.5 Å². The first kappa shape index (κ1) is 27.3. The number of rotatable bonds is 5. The zero-order valence-corrected chi connectivity index (χ0v) is 24.1. The Morgan fingerprint density at radius 2 is 1.68 bits per heavy atom.